The molecule has 0 atom stereocenters. The van der Waals surface area contributed by atoms with E-state index < -0.39 is 0 Å². The van der Waals surface area contributed by atoms with Gasteiger partial charge in [0.25, 0.3) is 0 Å². The van der Waals surface area contributed by atoms with Crippen molar-refractivity contribution >= 4 is 0 Å². The van der Waals surface area contributed by atoms with Crippen LogP contribution in [0, 0.1) is 0 Å². The summed E-state index contributed by atoms with van der Waals surface area (Å²) in [6.45, 7) is 9.80. The lowest BCUT2D eigenvalue weighted by molar-refractivity contribution is 0.114. The number of ether oxygens (including phenoxy) is 1. The van der Waals surface area contributed by atoms with Gasteiger partial charge in [-0.3, -0.25) is 9.80 Å². The molecule has 0 unspecified atom stereocenters. The summed E-state index contributed by atoms with van der Waals surface area (Å²) in [5.41, 5.74) is 4.33. The van der Waals surface area contributed by atoms with Crippen molar-refractivity contribution in [3.8, 4) is 17.0 Å². The van der Waals surface area contributed by atoms with E-state index in [2.05, 4.69) is 64.0 Å². The number of benzene rings is 2. The summed E-state index contributed by atoms with van der Waals surface area (Å²) in [7, 11) is 1.68. The molecule has 1 saturated heterocycles. The van der Waals surface area contributed by atoms with Crippen molar-refractivity contribution in [3.63, 3.8) is 0 Å². The van der Waals surface area contributed by atoms with Crippen LogP contribution in [0.2, 0.25) is 0 Å². The summed E-state index contributed by atoms with van der Waals surface area (Å²) in [6.07, 6.45) is 2.71. The van der Waals surface area contributed by atoms with Crippen LogP contribution in [0.25, 0.3) is 11.3 Å². The predicted molar refractivity (Wildman–Crippen MR) is 119 cm³/mol. The Kier molecular flexibility index (Phi) is 6.62. The minimum absolute atomic E-state index is 0.779. The van der Waals surface area contributed by atoms with Crippen LogP contribution < -0.4 is 4.74 Å². The lowest BCUT2D eigenvalue weighted by Crippen LogP contribution is -2.45. The van der Waals surface area contributed by atoms with Gasteiger partial charge in [0.15, 0.2) is 5.76 Å². The zero-order valence-corrected chi connectivity index (χ0v) is 17.6. The fourth-order valence-corrected chi connectivity index (χ4v) is 3.93. The monoisotopic (exact) mass is 403 g/mol. The molecule has 1 aromatic heterocycles. The Morgan fingerprint density at radius 2 is 1.70 bits per heavy atom. The summed E-state index contributed by atoms with van der Waals surface area (Å²) in [5.74, 6) is 1.69. The van der Waals surface area contributed by atoms with Crippen LogP contribution in [0.3, 0.4) is 0 Å². The molecule has 0 amide bonds. The van der Waals surface area contributed by atoms with Crippen LogP contribution in [0.4, 0.5) is 0 Å². The molecule has 2 aromatic carbocycles. The third-order valence-corrected chi connectivity index (χ3v) is 5.57. The summed E-state index contributed by atoms with van der Waals surface area (Å²) in [6, 6.07) is 18.8. The van der Waals surface area contributed by atoms with Gasteiger partial charge in [0, 0.05) is 44.4 Å². The van der Waals surface area contributed by atoms with Gasteiger partial charge in [-0.15, -0.1) is 6.58 Å². The third-order valence-electron chi connectivity index (χ3n) is 5.57. The highest BCUT2D eigenvalue weighted by atomic mass is 16.5. The number of nitrogens with zero attached hydrogens (tertiary/aromatic N) is 3. The fourth-order valence-electron chi connectivity index (χ4n) is 3.93. The Morgan fingerprint density at radius 3 is 2.40 bits per heavy atom. The lowest BCUT2D eigenvalue weighted by atomic mass is 10.0. The third kappa shape index (κ3) is 4.99. The van der Waals surface area contributed by atoms with E-state index in [0.29, 0.717) is 0 Å². The van der Waals surface area contributed by atoms with Gasteiger partial charge in [-0.2, -0.15) is 0 Å². The first kappa shape index (κ1) is 20.4. The Labute approximate surface area is 178 Å². The number of methoxy groups -OCH3 is 1. The first-order valence-corrected chi connectivity index (χ1v) is 10.5. The van der Waals surface area contributed by atoms with E-state index >= 15 is 0 Å². The van der Waals surface area contributed by atoms with Crippen molar-refractivity contribution < 1.29 is 9.26 Å². The number of piperazine rings is 1. The van der Waals surface area contributed by atoms with Gasteiger partial charge in [-0.05, 0) is 29.7 Å². The van der Waals surface area contributed by atoms with E-state index in [9.17, 15) is 0 Å². The zero-order chi connectivity index (χ0) is 20.8. The van der Waals surface area contributed by atoms with Gasteiger partial charge in [-0.1, -0.05) is 47.6 Å². The molecule has 5 nitrogen and oxygen atoms in total. The topological polar surface area (TPSA) is 41.7 Å². The molecular weight excluding hydrogens is 374 g/mol. The summed E-state index contributed by atoms with van der Waals surface area (Å²) >= 11 is 0. The van der Waals surface area contributed by atoms with Crippen LogP contribution in [0.15, 0.2) is 71.8 Å². The number of hydrogen-bond acceptors (Lipinski definition) is 5. The largest absolute Gasteiger partial charge is 0.496 e. The fraction of sp³-hybridized carbons (Fsp3) is 0.320. The van der Waals surface area contributed by atoms with Crippen molar-refractivity contribution in [3.05, 3.63) is 84.1 Å². The molecule has 0 radical (unpaired) electrons. The van der Waals surface area contributed by atoms with E-state index in [1.165, 1.54) is 11.1 Å². The zero-order valence-electron chi connectivity index (χ0n) is 17.6. The van der Waals surface area contributed by atoms with Crippen molar-refractivity contribution in [1.82, 2.24) is 15.0 Å². The Bertz CT molecular complexity index is 960. The van der Waals surface area contributed by atoms with Crippen LogP contribution >= 0.6 is 0 Å². The summed E-state index contributed by atoms with van der Waals surface area (Å²) < 4.78 is 11.2. The molecule has 2 heterocycles. The minimum atomic E-state index is 0.779. The molecule has 30 heavy (non-hydrogen) atoms. The highest BCUT2D eigenvalue weighted by Crippen LogP contribution is 2.31. The smallest absolute Gasteiger partial charge is 0.151 e. The van der Waals surface area contributed by atoms with Crippen LogP contribution in [0.5, 0.6) is 5.75 Å². The second kappa shape index (κ2) is 9.74. The number of aromatic nitrogens is 1. The SMILES string of the molecule is C=CCc1ccc(OC)c(-c2cc(CN3CCN(Cc4ccccc4)CC3)on2)c1. The molecule has 156 valence electrons. The summed E-state index contributed by atoms with van der Waals surface area (Å²) in [4.78, 5) is 4.94. The van der Waals surface area contributed by atoms with Crippen molar-refractivity contribution in [2.75, 3.05) is 33.3 Å². The second-order valence-corrected chi connectivity index (χ2v) is 7.74. The second-order valence-electron chi connectivity index (χ2n) is 7.74. The minimum Gasteiger partial charge on any atom is -0.496 e. The first-order chi connectivity index (χ1) is 14.7. The molecule has 5 heteroatoms. The highest BCUT2D eigenvalue weighted by Gasteiger charge is 2.19. The van der Waals surface area contributed by atoms with Gasteiger partial charge in [0.1, 0.15) is 11.4 Å². The average Bonchev–Trinajstić information content (AvgIpc) is 3.24. The molecule has 0 saturated carbocycles. The first-order valence-electron chi connectivity index (χ1n) is 10.5. The standard InChI is InChI=1S/C25H29N3O2/c1-3-7-20-10-11-25(29-2)23(16-20)24-17-22(30-26-24)19-28-14-12-27(13-15-28)18-21-8-5-4-6-9-21/h3-6,8-11,16-17H,1,7,12-15,18-19H2,2H3. The van der Waals surface area contributed by atoms with E-state index in [-0.39, 0.29) is 0 Å². The number of hydrogen-bond donors (Lipinski definition) is 0. The Hall–Kier alpha value is -2.89. The van der Waals surface area contributed by atoms with Gasteiger partial charge in [0.05, 0.1) is 13.7 Å². The molecule has 0 N–H and O–H groups in total. The molecule has 1 aliphatic heterocycles. The Morgan fingerprint density at radius 1 is 0.967 bits per heavy atom. The molecule has 1 fully saturated rings. The molecular formula is C25H29N3O2. The van der Waals surface area contributed by atoms with Crippen molar-refractivity contribution in [1.29, 1.82) is 0 Å². The lowest BCUT2D eigenvalue weighted by Gasteiger charge is -2.34. The maximum absolute atomic E-state index is 5.66. The number of rotatable bonds is 8. The Balaban J connectivity index is 1.36. The van der Waals surface area contributed by atoms with Gasteiger partial charge in [-0.25, -0.2) is 0 Å². The van der Waals surface area contributed by atoms with E-state index in [1.54, 1.807) is 7.11 Å². The molecule has 4 rings (SSSR count). The highest BCUT2D eigenvalue weighted by molar-refractivity contribution is 5.68. The molecule has 3 aromatic rings. The quantitative estimate of drug-likeness (QED) is 0.522. The van der Waals surface area contributed by atoms with Crippen LogP contribution in [-0.4, -0.2) is 48.2 Å². The maximum atomic E-state index is 5.66. The van der Waals surface area contributed by atoms with Gasteiger partial charge >= 0.3 is 0 Å². The van der Waals surface area contributed by atoms with Crippen LogP contribution in [-0.2, 0) is 19.5 Å². The molecule has 0 aliphatic carbocycles. The molecule has 0 bridgehead atoms. The van der Waals surface area contributed by atoms with Gasteiger partial charge < -0.3 is 9.26 Å². The summed E-state index contributed by atoms with van der Waals surface area (Å²) in [5, 5.41) is 4.31. The van der Waals surface area contributed by atoms with E-state index in [1.807, 2.05) is 18.2 Å². The van der Waals surface area contributed by atoms with Crippen molar-refractivity contribution in [2.24, 2.45) is 0 Å². The molecule has 1 aliphatic rings. The van der Waals surface area contributed by atoms with Crippen LogP contribution in [0.1, 0.15) is 16.9 Å². The molecule has 0 spiro atoms. The van der Waals surface area contributed by atoms with Gasteiger partial charge in [0.2, 0.25) is 0 Å². The van der Waals surface area contributed by atoms with E-state index in [4.69, 9.17) is 9.26 Å². The number of allylic oxidation sites excluding steroid dienone is 1. The van der Waals surface area contributed by atoms with E-state index in [0.717, 1.165) is 68.5 Å². The van der Waals surface area contributed by atoms with Crippen molar-refractivity contribution in [2.45, 2.75) is 19.5 Å². The average molecular weight is 404 g/mol. The predicted octanol–water partition coefficient (Wildman–Crippen LogP) is 4.40. The maximum Gasteiger partial charge on any atom is 0.151 e. The normalized spacial score (nSPS) is 15.2.